The van der Waals surface area contributed by atoms with Gasteiger partial charge in [0, 0.05) is 6.54 Å². The number of rotatable bonds is 4. The molecule has 0 bridgehead atoms. The van der Waals surface area contributed by atoms with Gasteiger partial charge >= 0.3 is 6.18 Å². The lowest BCUT2D eigenvalue weighted by Crippen LogP contribution is -2.54. The van der Waals surface area contributed by atoms with Crippen LogP contribution in [0.2, 0.25) is 0 Å². The molecule has 2 atom stereocenters. The Balaban J connectivity index is 2.47. The Bertz CT molecular complexity index is 320. The van der Waals surface area contributed by atoms with Crippen molar-refractivity contribution >= 4 is 11.8 Å². The first-order valence-corrected chi connectivity index (χ1v) is 5.71. The van der Waals surface area contributed by atoms with Crippen LogP contribution in [0.1, 0.15) is 19.3 Å². The summed E-state index contributed by atoms with van der Waals surface area (Å²) < 4.78 is 37.1. The van der Waals surface area contributed by atoms with Crippen LogP contribution in [0, 0.1) is 5.92 Å². The molecule has 5 nitrogen and oxygen atoms in total. The highest BCUT2D eigenvalue weighted by Crippen LogP contribution is 2.28. The first-order valence-electron chi connectivity index (χ1n) is 5.71. The van der Waals surface area contributed by atoms with Crippen molar-refractivity contribution in [2.24, 2.45) is 11.7 Å². The number of carbonyl (C=O) groups excluding carboxylic acids is 2. The van der Waals surface area contributed by atoms with E-state index in [2.05, 4.69) is 5.32 Å². The molecule has 1 fully saturated rings. The largest absolute Gasteiger partial charge is 0.408 e. The van der Waals surface area contributed by atoms with Crippen molar-refractivity contribution in [2.75, 3.05) is 13.1 Å². The van der Waals surface area contributed by atoms with Crippen LogP contribution in [0.3, 0.4) is 0 Å². The SMILES string of the molecule is NCCCNC(=O)C1CCC(C(F)(F)F)NC1=O. The minimum Gasteiger partial charge on any atom is -0.355 e. The van der Waals surface area contributed by atoms with E-state index in [1.54, 1.807) is 0 Å². The maximum Gasteiger partial charge on any atom is 0.408 e. The lowest BCUT2D eigenvalue weighted by Gasteiger charge is -2.29. The highest BCUT2D eigenvalue weighted by molar-refractivity contribution is 6.00. The molecule has 8 heteroatoms. The van der Waals surface area contributed by atoms with E-state index in [0.29, 0.717) is 19.5 Å². The van der Waals surface area contributed by atoms with E-state index in [1.807, 2.05) is 5.32 Å². The van der Waals surface area contributed by atoms with E-state index in [1.165, 1.54) is 0 Å². The average Bonchev–Trinajstić information content (AvgIpc) is 2.27. The van der Waals surface area contributed by atoms with Gasteiger partial charge in [-0.15, -0.1) is 0 Å². The van der Waals surface area contributed by atoms with Crippen LogP contribution in [0.5, 0.6) is 0 Å². The third-order valence-corrected chi connectivity index (χ3v) is 2.77. The van der Waals surface area contributed by atoms with Crippen molar-refractivity contribution in [3.8, 4) is 0 Å². The summed E-state index contributed by atoms with van der Waals surface area (Å²) >= 11 is 0. The summed E-state index contributed by atoms with van der Waals surface area (Å²) in [5.74, 6) is -2.45. The second-order valence-electron chi connectivity index (χ2n) is 4.17. The number of hydrogen-bond donors (Lipinski definition) is 3. The first kappa shape index (κ1) is 14.7. The maximum atomic E-state index is 12.4. The fraction of sp³-hybridized carbons (Fsp3) is 0.800. The molecule has 2 amide bonds. The molecule has 0 aromatic carbocycles. The number of carbonyl (C=O) groups is 2. The summed E-state index contributed by atoms with van der Waals surface area (Å²) in [6.45, 7) is 0.717. The Kier molecular flexibility index (Phi) is 4.94. The van der Waals surface area contributed by atoms with Gasteiger partial charge in [0.15, 0.2) is 0 Å². The molecule has 18 heavy (non-hydrogen) atoms. The molecular weight excluding hydrogens is 251 g/mol. The maximum absolute atomic E-state index is 12.4. The number of amides is 2. The number of alkyl halides is 3. The molecule has 104 valence electrons. The molecule has 1 aliphatic rings. The molecule has 0 saturated carbocycles. The normalized spacial score (nSPS) is 24.6. The van der Waals surface area contributed by atoms with Gasteiger partial charge < -0.3 is 16.4 Å². The Morgan fingerprint density at radius 3 is 2.61 bits per heavy atom. The molecule has 0 aromatic heterocycles. The second kappa shape index (κ2) is 6.03. The van der Waals surface area contributed by atoms with Gasteiger partial charge in [-0.2, -0.15) is 13.2 Å². The van der Waals surface area contributed by atoms with Gasteiger partial charge in [0.2, 0.25) is 11.8 Å². The lowest BCUT2D eigenvalue weighted by molar-refractivity contribution is -0.171. The Morgan fingerprint density at radius 1 is 1.44 bits per heavy atom. The molecule has 0 aromatic rings. The van der Waals surface area contributed by atoms with Crippen molar-refractivity contribution < 1.29 is 22.8 Å². The van der Waals surface area contributed by atoms with Crippen LogP contribution in [0.15, 0.2) is 0 Å². The molecule has 2 unspecified atom stereocenters. The van der Waals surface area contributed by atoms with Gasteiger partial charge in [-0.05, 0) is 25.8 Å². The Morgan fingerprint density at radius 2 is 2.11 bits per heavy atom. The quantitative estimate of drug-likeness (QED) is 0.491. The van der Waals surface area contributed by atoms with Crippen LogP contribution in [-0.4, -0.2) is 37.1 Å². The molecule has 1 heterocycles. The molecular formula is C10H16F3N3O2. The minimum atomic E-state index is -4.46. The smallest absolute Gasteiger partial charge is 0.355 e. The zero-order valence-corrected chi connectivity index (χ0v) is 9.72. The van der Waals surface area contributed by atoms with Crippen molar-refractivity contribution in [3.05, 3.63) is 0 Å². The van der Waals surface area contributed by atoms with Gasteiger partial charge in [0.1, 0.15) is 12.0 Å². The third-order valence-electron chi connectivity index (χ3n) is 2.77. The lowest BCUT2D eigenvalue weighted by atomic mass is 9.93. The predicted molar refractivity (Wildman–Crippen MR) is 57.4 cm³/mol. The van der Waals surface area contributed by atoms with Gasteiger partial charge in [-0.1, -0.05) is 0 Å². The van der Waals surface area contributed by atoms with E-state index >= 15 is 0 Å². The zero-order valence-electron chi connectivity index (χ0n) is 9.72. The van der Waals surface area contributed by atoms with Crippen LogP contribution in [0.25, 0.3) is 0 Å². The van der Waals surface area contributed by atoms with Crippen LogP contribution in [0.4, 0.5) is 13.2 Å². The van der Waals surface area contributed by atoms with Crippen molar-refractivity contribution in [3.63, 3.8) is 0 Å². The Labute approximate surface area is 102 Å². The monoisotopic (exact) mass is 267 g/mol. The van der Waals surface area contributed by atoms with E-state index < -0.39 is 30.0 Å². The van der Waals surface area contributed by atoms with Crippen molar-refractivity contribution in [1.82, 2.24) is 10.6 Å². The molecule has 1 rings (SSSR count). The molecule has 0 spiro atoms. The fourth-order valence-corrected chi connectivity index (χ4v) is 1.74. The highest BCUT2D eigenvalue weighted by atomic mass is 19.4. The second-order valence-corrected chi connectivity index (χ2v) is 4.17. The van der Waals surface area contributed by atoms with E-state index in [9.17, 15) is 22.8 Å². The number of piperidine rings is 1. The van der Waals surface area contributed by atoms with Crippen molar-refractivity contribution in [1.29, 1.82) is 0 Å². The van der Waals surface area contributed by atoms with Gasteiger partial charge in [-0.25, -0.2) is 0 Å². The number of halogens is 3. The molecule has 0 aliphatic carbocycles. The van der Waals surface area contributed by atoms with Gasteiger partial charge in [0.25, 0.3) is 0 Å². The molecule has 4 N–H and O–H groups in total. The van der Waals surface area contributed by atoms with E-state index in [0.717, 1.165) is 0 Å². The molecule has 0 radical (unpaired) electrons. The number of nitrogens with one attached hydrogen (secondary N) is 2. The van der Waals surface area contributed by atoms with Crippen molar-refractivity contribution in [2.45, 2.75) is 31.5 Å². The van der Waals surface area contributed by atoms with Crippen LogP contribution in [-0.2, 0) is 9.59 Å². The summed E-state index contributed by atoms with van der Waals surface area (Å²) in [7, 11) is 0. The molecule has 1 saturated heterocycles. The summed E-state index contributed by atoms with van der Waals surface area (Å²) in [6, 6.07) is -1.85. The number of hydrogen-bond acceptors (Lipinski definition) is 3. The van der Waals surface area contributed by atoms with Crippen LogP contribution >= 0.6 is 0 Å². The van der Waals surface area contributed by atoms with Crippen LogP contribution < -0.4 is 16.4 Å². The number of nitrogens with two attached hydrogens (primary N) is 1. The average molecular weight is 267 g/mol. The summed E-state index contributed by atoms with van der Waals surface area (Å²) in [6.07, 6.45) is -4.27. The molecule has 1 aliphatic heterocycles. The fourth-order valence-electron chi connectivity index (χ4n) is 1.74. The first-order chi connectivity index (χ1) is 8.36. The third kappa shape index (κ3) is 3.86. The summed E-state index contributed by atoms with van der Waals surface area (Å²) in [4.78, 5) is 23.0. The highest BCUT2D eigenvalue weighted by Gasteiger charge is 2.45. The van der Waals surface area contributed by atoms with E-state index in [-0.39, 0.29) is 12.8 Å². The van der Waals surface area contributed by atoms with E-state index in [4.69, 9.17) is 5.73 Å². The minimum absolute atomic E-state index is 0.0928. The summed E-state index contributed by atoms with van der Waals surface area (Å²) in [5.41, 5.74) is 5.23. The zero-order chi connectivity index (χ0) is 13.8. The topological polar surface area (TPSA) is 84.2 Å². The van der Waals surface area contributed by atoms with Gasteiger partial charge in [0.05, 0.1) is 0 Å². The van der Waals surface area contributed by atoms with Gasteiger partial charge in [-0.3, -0.25) is 9.59 Å². The predicted octanol–water partition coefficient (Wildman–Crippen LogP) is -0.0915. The standard InChI is InChI=1S/C10H16F3N3O2/c11-10(12,13)7-3-2-6(9(18)16-7)8(17)15-5-1-4-14/h6-7H,1-5,14H2,(H,15,17)(H,16,18). The summed E-state index contributed by atoms with van der Waals surface area (Å²) in [5, 5.41) is 4.30. The Hall–Kier alpha value is -1.31.